The minimum atomic E-state index is 0.959. The maximum atomic E-state index is 3.08. The first-order chi connectivity index (χ1) is 9.76. The van der Waals surface area contributed by atoms with Crippen LogP contribution in [0, 0.1) is 0 Å². The molecule has 0 bridgehead atoms. The van der Waals surface area contributed by atoms with Gasteiger partial charge in [-0.2, -0.15) is 0 Å². The molecule has 0 aliphatic carbocycles. The molecule has 0 radical (unpaired) electrons. The Balaban J connectivity index is 0.000000204. The quantitative estimate of drug-likeness (QED) is 0.894. The van der Waals surface area contributed by atoms with Gasteiger partial charge in [0.15, 0.2) is 0 Å². The highest BCUT2D eigenvalue weighted by atomic mass is 15.1. The van der Waals surface area contributed by atoms with E-state index in [4.69, 9.17) is 0 Å². The van der Waals surface area contributed by atoms with E-state index in [0.717, 1.165) is 19.6 Å². The van der Waals surface area contributed by atoms with Gasteiger partial charge in [-0.3, -0.25) is 0 Å². The summed E-state index contributed by atoms with van der Waals surface area (Å²) in [6.45, 7) is 5.29. The zero-order valence-electron chi connectivity index (χ0n) is 12.8. The molecule has 108 valence electrons. The molecule has 20 heavy (non-hydrogen) atoms. The Kier molecular flexibility index (Phi) is 8.36. The molecule has 1 N–H and O–H groups in total. The van der Waals surface area contributed by atoms with Gasteiger partial charge in [0.2, 0.25) is 0 Å². The van der Waals surface area contributed by atoms with Gasteiger partial charge in [0.1, 0.15) is 0 Å². The highest BCUT2D eigenvalue weighted by Crippen LogP contribution is 2.01. The summed E-state index contributed by atoms with van der Waals surface area (Å²) in [6, 6.07) is 20.9. The molecule has 2 nitrogen and oxygen atoms in total. The van der Waals surface area contributed by atoms with E-state index in [1.165, 1.54) is 11.1 Å². The summed E-state index contributed by atoms with van der Waals surface area (Å²) in [6.07, 6.45) is 0. The summed E-state index contributed by atoms with van der Waals surface area (Å²) in [5.41, 5.74) is 2.72. The molecule has 0 aromatic heterocycles. The van der Waals surface area contributed by atoms with Crippen LogP contribution in [0.5, 0.6) is 0 Å². The van der Waals surface area contributed by atoms with Crippen molar-refractivity contribution in [1.82, 2.24) is 10.2 Å². The second-order valence-corrected chi connectivity index (χ2v) is 4.83. The van der Waals surface area contributed by atoms with E-state index in [0.29, 0.717) is 0 Å². The fourth-order valence-corrected chi connectivity index (χ4v) is 1.81. The maximum absolute atomic E-state index is 3.08. The lowest BCUT2D eigenvalue weighted by Crippen LogP contribution is -2.16. The van der Waals surface area contributed by atoms with E-state index in [-0.39, 0.29) is 0 Å². The lowest BCUT2D eigenvalue weighted by atomic mass is 10.2. The summed E-state index contributed by atoms with van der Waals surface area (Å²) < 4.78 is 0. The maximum Gasteiger partial charge on any atom is 0.0230 e. The molecule has 0 aliphatic rings. The fraction of sp³-hybridized carbons (Fsp3) is 0.333. The molecule has 2 rings (SSSR count). The van der Waals surface area contributed by atoms with E-state index in [9.17, 15) is 0 Å². The van der Waals surface area contributed by atoms with Gasteiger partial charge in [-0.1, -0.05) is 67.6 Å². The molecule has 0 atom stereocenters. The van der Waals surface area contributed by atoms with Crippen molar-refractivity contribution in [2.45, 2.75) is 20.0 Å². The van der Waals surface area contributed by atoms with Gasteiger partial charge in [-0.05, 0) is 31.8 Å². The Labute approximate surface area is 123 Å². The highest BCUT2D eigenvalue weighted by Gasteiger charge is 1.94. The second-order valence-electron chi connectivity index (χ2n) is 4.83. The van der Waals surface area contributed by atoms with Crippen LogP contribution in [0.4, 0.5) is 0 Å². The first kappa shape index (κ1) is 16.4. The zero-order valence-corrected chi connectivity index (χ0v) is 12.8. The molecule has 0 heterocycles. The Morgan fingerprint density at radius 2 is 1.35 bits per heavy atom. The van der Waals surface area contributed by atoms with Crippen LogP contribution < -0.4 is 5.32 Å². The number of rotatable bonds is 5. The standard InChI is InChI=1S/C10H15N.C8H11N/c1-3-11(2)9-10-7-5-4-6-8-10;1-9-7-8-5-3-2-4-6-8/h4-8H,3,9H2,1-2H3;2-6,9H,7H2,1H3. The van der Waals surface area contributed by atoms with Crippen LogP contribution in [0.2, 0.25) is 0 Å². The molecule has 0 saturated heterocycles. The molecule has 2 aromatic rings. The van der Waals surface area contributed by atoms with Gasteiger partial charge in [0, 0.05) is 13.1 Å². The third kappa shape index (κ3) is 7.07. The summed E-state index contributed by atoms with van der Waals surface area (Å²) in [7, 11) is 4.08. The average molecular weight is 270 g/mol. The van der Waals surface area contributed by atoms with Crippen molar-refractivity contribution < 1.29 is 0 Å². The number of hydrogen-bond donors (Lipinski definition) is 1. The van der Waals surface area contributed by atoms with E-state index < -0.39 is 0 Å². The molecule has 0 aliphatic heterocycles. The van der Waals surface area contributed by atoms with Gasteiger partial charge >= 0.3 is 0 Å². The minimum Gasteiger partial charge on any atom is -0.316 e. The molecule has 0 unspecified atom stereocenters. The summed E-state index contributed by atoms with van der Waals surface area (Å²) in [5.74, 6) is 0. The monoisotopic (exact) mass is 270 g/mol. The third-order valence-electron chi connectivity index (χ3n) is 3.06. The SMILES string of the molecule is CCN(C)Cc1ccccc1.CNCc1ccccc1. The zero-order chi connectivity index (χ0) is 14.6. The van der Waals surface area contributed by atoms with Crippen LogP contribution in [-0.2, 0) is 13.1 Å². The first-order valence-corrected chi connectivity index (χ1v) is 7.17. The molecular weight excluding hydrogens is 244 g/mol. The van der Waals surface area contributed by atoms with Crippen molar-refractivity contribution in [2.24, 2.45) is 0 Å². The van der Waals surface area contributed by atoms with Crippen LogP contribution in [0.15, 0.2) is 60.7 Å². The van der Waals surface area contributed by atoms with Crippen molar-refractivity contribution in [3.8, 4) is 0 Å². The van der Waals surface area contributed by atoms with Gasteiger partial charge in [0.05, 0.1) is 0 Å². The van der Waals surface area contributed by atoms with Crippen molar-refractivity contribution in [3.05, 3.63) is 71.8 Å². The van der Waals surface area contributed by atoms with Crippen LogP contribution in [0.25, 0.3) is 0 Å². The second kappa shape index (κ2) is 10.2. The predicted molar refractivity (Wildman–Crippen MR) is 87.7 cm³/mol. The van der Waals surface area contributed by atoms with E-state index in [1.54, 1.807) is 0 Å². The lowest BCUT2D eigenvalue weighted by molar-refractivity contribution is 0.346. The summed E-state index contributed by atoms with van der Waals surface area (Å²) in [5, 5.41) is 3.08. The van der Waals surface area contributed by atoms with E-state index in [1.807, 2.05) is 25.2 Å². The topological polar surface area (TPSA) is 15.3 Å². The fourth-order valence-electron chi connectivity index (χ4n) is 1.81. The minimum absolute atomic E-state index is 0.959. The van der Waals surface area contributed by atoms with Gasteiger partial charge in [-0.25, -0.2) is 0 Å². The molecule has 0 spiro atoms. The molecule has 0 saturated carbocycles. The Morgan fingerprint density at radius 3 is 1.80 bits per heavy atom. The normalized spacial score (nSPS) is 10.0. The first-order valence-electron chi connectivity index (χ1n) is 7.17. The number of hydrogen-bond acceptors (Lipinski definition) is 2. The van der Waals surface area contributed by atoms with Crippen molar-refractivity contribution in [2.75, 3.05) is 20.6 Å². The molecule has 0 amide bonds. The largest absolute Gasteiger partial charge is 0.316 e. The number of benzene rings is 2. The Hall–Kier alpha value is -1.64. The summed E-state index contributed by atoms with van der Waals surface area (Å²) in [4.78, 5) is 2.29. The highest BCUT2D eigenvalue weighted by molar-refractivity contribution is 5.14. The van der Waals surface area contributed by atoms with Crippen LogP contribution in [0.1, 0.15) is 18.1 Å². The van der Waals surface area contributed by atoms with Crippen LogP contribution in [-0.4, -0.2) is 25.5 Å². The number of nitrogens with one attached hydrogen (secondary N) is 1. The van der Waals surface area contributed by atoms with Gasteiger partial charge in [0.25, 0.3) is 0 Å². The van der Waals surface area contributed by atoms with E-state index >= 15 is 0 Å². The molecular formula is C18H26N2. The van der Waals surface area contributed by atoms with Gasteiger partial charge in [-0.15, -0.1) is 0 Å². The van der Waals surface area contributed by atoms with Crippen LogP contribution >= 0.6 is 0 Å². The van der Waals surface area contributed by atoms with Crippen molar-refractivity contribution in [1.29, 1.82) is 0 Å². The van der Waals surface area contributed by atoms with Gasteiger partial charge < -0.3 is 10.2 Å². The van der Waals surface area contributed by atoms with Crippen LogP contribution in [0.3, 0.4) is 0 Å². The Bertz CT molecular complexity index is 439. The van der Waals surface area contributed by atoms with E-state index in [2.05, 4.69) is 66.7 Å². The smallest absolute Gasteiger partial charge is 0.0230 e. The predicted octanol–water partition coefficient (Wildman–Crippen LogP) is 3.54. The number of nitrogens with zero attached hydrogens (tertiary/aromatic N) is 1. The third-order valence-corrected chi connectivity index (χ3v) is 3.06. The molecule has 0 fully saturated rings. The Morgan fingerprint density at radius 1 is 0.850 bits per heavy atom. The summed E-state index contributed by atoms with van der Waals surface area (Å²) >= 11 is 0. The van der Waals surface area contributed by atoms with Crippen molar-refractivity contribution in [3.63, 3.8) is 0 Å². The lowest BCUT2D eigenvalue weighted by Gasteiger charge is -2.12. The van der Waals surface area contributed by atoms with Crippen molar-refractivity contribution >= 4 is 0 Å². The molecule has 2 aromatic carbocycles. The molecule has 2 heteroatoms. The average Bonchev–Trinajstić information content (AvgIpc) is 2.50.